The molecule has 0 aliphatic carbocycles. The Balaban J connectivity index is 1.74. The topological polar surface area (TPSA) is 124 Å². The van der Waals surface area contributed by atoms with E-state index in [2.05, 4.69) is 0 Å². The molecule has 0 radical (unpaired) electrons. The van der Waals surface area contributed by atoms with Crippen LogP contribution in [0.4, 0.5) is 0 Å². The Morgan fingerprint density at radius 2 is 1.79 bits per heavy atom. The molecular weight excluding hydrogens is 548 g/mol. The van der Waals surface area contributed by atoms with Crippen LogP contribution < -0.4 is 4.74 Å². The van der Waals surface area contributed by atoms with Crippen LogP contribution in [0.1, 0.15) is 38.8 Å². The molecule has 43 heavy (non-hydrogen) atoms. The highest BCUT2D eigenvalue weighted by Crippen LogP contribution is 2.33. The van der Waals surface area contributed by atoms with E-state index in [9.17, 15) is 19.6 Å². The average Bonchev–Trinajstić information content (AvgIpc) is 3.38. The zero-order chi connectivity index (χ0) is 31.1. The minimum atomic E-state index is -0.678. The molecule has 0 saturated heterocycles. The van der Waals surface area contributed by atoms with Crippen LogP contribution in [-0.2, 0) is 23.9 Å². The number of aromatic nitrogens is 2. The van der Waals surface area contributed by atoms with E-state index in [1.54, 1.807) is 17.7 Å². The molecule has 2 amide bonds. The van der Waals surface area contributed by atoms with Crippen molar-refractivity contribution in [3.63, 3.8) is 0 Å². The van der Waals surface area contributed by atoms with Crippen LogP contribution in [0.2, 0.25) is 0 Å². The summed E-state index contributed by atoms with van der Waals surface area (Å²) >= 11 is 0. The van der Waals surface area contributed by atoms with Crippen molar-refractivity contribution in [2.75, 3.05) is 26.4 Å². The third-order valence-corrected chi connectivity index (χ3v) is 6.71. The molecule has 0 N–H and O–H groups in total. The van der Waals surface area contributed by atoms with Crippen molar-refractivity contribution in [1.82, 2.24) is 14.7 Å². The Labute approximate surface area is 250 Å². The molecule has 2 heterocycles. The number of nitriles is 1. The van der Waals surface area contributed by atoms with Gasteiger partial charge in [-0.3, -0.25) is 19.3 Å². The summed E-state index contributed by atoms with van der Waals surface area (Å²) in [6.45, 7) is 8.90. The van der Waals surface area contributed by atoms with E-state index in [0.717, 1.165) is 27.5 Å². The fourth-order valence-electron chi connectivity index (χ4n) is 4.65. The zero-order valence-corrected chi connectivity index (χ0v) is 24.9. The molecule has 0 bridgehead atoms. The molecule has 222 valence electrons. The lowest BCUT2D eigenvalue weighted by Gasteiger charge is -2.27. The first kappa shape index (κ1) is 30.9. The number of para-hydroxylation sites is 1. The van der Waals surface area contributed by atoms with Gasteiger partial charge in [0.25, 0.3) is 11.8 Å². The first-order valence-electron chi connectivity index (χ1n) is 13.9. The van der Waals surface area contributed by atoms with Gasteiger partial charge in [0.05, 0.1) is 31.5 Å². The molecule has 0 spiro atoms. The van der Waals surface area contributed by atoms with Crippen LogP contribution >= 0.6 is 0 Å². The van der Waals surface area contributed by atoms with Crippen molar-refractivity contribution in [2.24, 2.45) is 0 Å². The van der Waals surface area contributed by atoms with Crippen molar-refractivity contribution < 1.29 is 28.6 Å². The van der Waals surface area contributed by atoms with Gasteiger partial charge in [0.1, 0.15) is 29.7 Å². The van der Waals surface area contributed by atoms with Gasteiger partial charge in [0.2, 0.25) is 0 Å². The number of rotatable bonds is 11. The maximum atomic E-state index is 13.7. The number of amides is 2. The van der Waals surface area contributed by atoms with Crippen molar-refractivity contribution >= 4 is 23.9 Å². The minimum absolute atomic E-state index is 0.0188. The quantitative estimate of drug-likeness (QED) is 0.137. The molecule has 2 aromatic carbocycles. The molecule has 0 fully saturated rings. The largest absolute Gasteiger partial charge is 0.491 e. The molecule has 0 unspecified atom stereocenters. The summed E-state index contributed by atoms with van der Waals surface area (Å²) in [6, 6.07) is 17.3. The highest BCUT2D eigenvalue weighted by atomic mass is 16.6. The lowest BCUT2D eigenvalue weighted by Crippen LogP contribution is -2.44. The second-order valence-electron chi connectivity index (χ2n) is 10.2. The number of esters is 1. The predicted molar refractivity (Wildman–Crippen MR) is 160 cm³/mol. The van der Waals surface area contributed by atoms with Crippen LogP contribution in [0.15, 0.2) is 71.4 Å². The molecule has 4 rings (SSSR count). The Hall–Kier alpha value is -5.01. The van der Waals surface area contributed by atoms with Gasteiger partial charge >= 0.3 is 5.97 Å². The first-order chi connectivity index (χ1) is 20.6. The Kier molecular flexibility index (Phi) is 9.91. The molecule has 1 aromatic heterocycles. The molecule has 10 nitrogen and oxygen atoms in total. The van der Waals surface area contributed by atoms with E-state index >= 15 is 0 Å². The molecule has 3 aromatic rings. The SMILES string of the molecule is CC(=O)OCCOCCN1C(=O)C(C#N)=C(C)/C(=C\c2cn(-c3ccccc3)nc2-c2ccc(OC(C)C)cc2C)C1=O. The summed E-state index contributed by atoms with van der Waals surface area (Å²) < 4.78 is 17.9. The summed E-state index contributed by atoms with van der Waals surface area (Å²) in [7, 11) is 0. The maximum absolute atomic E-state index is 13.7. The van der Waals surface area contributed by atoms with E-state index in [1.807, 2.05) is 81.6 Å². The minimum Gasteiger partial charge on any atom is -0.491 e. The summed E-state index contributed by atoms with van der Waals surface area (Å²) in [4.78, 5) is 38.7. The average molecular weight is 583 g/mol. The number of aryl methyl sites for hydroxylation is 1. The van der Waals surface area contributed by atoms with Gasteiger partial charge in [0, 0.05) is 29.8 Å². The Morgan fingerprint density at radius 3 is 2.44 bits per heavy atom. The number of nitrogens with zero attached hydrogens (tertiary/aromatic N) is 4. The number of benzene rings is 2. The number of carbonyl (C=O) groups is 3. The third-order valence-electron chi connectivity index (χ3n) is 6.71. The fourth-order valence-corrected chi connectivity index (χ4v) is 4.65. The second-order valence-corrected chi connectivity index (χ2v) is 10.2. The normalized spacial score (nSPS) is 14.4. The van der Waals surface area contributed by atoms with Gasteiger partial charge in [-0.1, -0.05) is 18.2 Å². The first-order valence-corrected chi connectivity index (χ1v) is 13.9. The fraction of sp³-hybridized carbons (Fsp3) is 0.303. The monoisotopic (exact) mass is 582 g/mol. The van der Waals surface area contributed by atoms with Gasteiger partial charge < -0.3 is 14.2 Å². The van der Waals surface area contributed by atoms with E-state index in [4.69, 9.17) is 19.3 Å². The lowest BCUT2D eigenvalue weighted by atomic mass is 9.93. The molecule has 0 atom stereocenters. The Morgan fingerprint density at radius 1 is 1.05 bits per heavy atom. The van der Waals surface area contributed by atoms with Crippen LogP contribution in [0.3, 0.4) is 0 Å². The molecule has 1 aliphatic heterocycles. The summed E-state index contributed by atoms with van der Waals surface area (Å²) in [5.41, 5.74) is 4.25. The highest BCUT2D eigenvalue weighted by molar-refractivity contribution is 6.19. The summed E-state index contributed by atoms with van der Waals surface area (Å²) in [5.74, 6) is -0.907. The van der Waals surface area contributed by atoms with Gasteiger partial charge in [-0.15, -0.1) is 0 Å². The predicted octanol–water partition coefficient (Wildman–Crippen LogP) is 4.81. The summed E-state index contributed by atoms with van der Waals surface area (Å²) in [5, 5.41) is 14.7. The highest BCUT2D eigenvalue weighted by Gasteiger charge is 2.35. The third kappa shape index (κ3) is 7.26. The standard InChI is InChI=1S/C33H34N4O6/c1-21(2)43-27-11-12-28(22(3)17-27)31-25(20-37(35-31)26-9-7-6-8-10-26)18-29-23(4)30(19-34)33(40)36(32(29)39)13-14-41-15-16-42-24(5)38/h6-12,17-18,20-21H,13-16H2,1-5H3/b29-18+. The van der Waals surface area contributed by atoms with Crippen LogP contribution in [0.25, 0.3) is 23.0 Å². The summed E-state index contributed by atoms with van der Waals surface area (Å²) in [6.07, 6.45) is 3.52. The number of carbonyl (C=O) groups excluding carboxylic acids is 3. The number of ether oxygens (including phenoxy) is 3. The second kappa shape index (κ2) is 13.8. The van der Waals surface area contributed by atoms with E-state index in [1.165, 1.54) is 6.92 Å². The molecule has 1 aliphatic rings. The smallest absolute Gasteiger partial charge is 0.302 e. The maximum Gasteiger partial charge on any atom is 0.302 e. The van der Waals surface area contributed by atoms with Crippen LogP contribution in [-0.4, -0.2) is 64.9 Å². The van der Waals surface area contributed by atoms with Gasteiger partial charge in [0.15, 0.2) is 0 Å². The number of hydrogen-bond acceptors (Lipinski definition) is 8. The van der Waals surface area contributed by atoms with E-state index in [-0.39, 0.29) is 43.6 Å². The van der Waals surface area contributed by atoms with Crippen molar-refractivity contribution in [3.05, 3.63) is 82.6 Å². The lowest BCUT2D eigenvalue weighted by molar-refractivity contribution is -0.142. The van der Waals surface area contributed by atoms with Crippen LogP contribution in [0.5, 0.6) is 5.75 Å². The molecule has 10 heteroatoms. The van der Waals surface area contributed by atoms with Gasteiger partial charge in [-0.05, 0) is 75.2 Å². The molecule has 0 saturated carbocycles. The van der Waals surface area contributed by atoms with Gasteiger partial charge in [-0.25, -0.2) is 4.68 Å². The van der Waals surface area contributed by atoms with Crippen molar-refractivity contribution in [3.8, 4) is 28.8 Å². The number of hydrogen-bond donors (Lipinski definition) is 0. The van der Waals surface area contributed by atoms with Crippen molar-refractivity contribution in [1.29, 1.82) is 5.26 Å². The zero-order valence-electron chi connectivity index (χ0n) is 24.9. The number of imide groups is 1. The van der Waals surface area contributed by atoms with Crippen LogP contribution in [0, 0.1) is 18.3 Å². The van der Waals surface area contributed by atoms with E-state index < -0.39 is 17.8 Å². The van der Waals surface area contributed by atoms with Crippen molar-refractivity contribution in [2.45, 2.75) is 40.7 Å². The molecular formula is C33H34N4O6. The van der Waals surface area contributed by atoms with E-state index in [0.29, 0.717) is 16.8 Å². The van der Waals surface area contributed by atoms with Gasteiger partial charge in [-0.2, -0.15) is 10.4 Å². The Bertz CT molecular complexity index is 1630.